The van der Waals surface area contributed by atoms with E-state index in [1.54, 1.807) is 80.0 Å². The number of piperidine rings is 1. The lowest BCUT2D eigenvalue weighted by molar-refractivity contribution is 0.180. The number of benzene rings is 6. The summed E-state index contributed by atoms with van der Waals surface area (Å²) < 4.78 is 190. The van der Waals surface area contributed by atoms with Crippen LogP contribution in [0.5, 0.6) is 0 Å². The second kappa shape index (κ2) is 57.2. The highest BCUT2D eigenvalue weighted by atomic mass is 32.2. The van der Waals surface area contributed by atoms with E-state index in [0.29, 0.717) is 34.6 Å². The molecule has 0 spiro atoms. The number of hydrogen-bond donors (Lipinski definition) is 0. The van der Waals surface area contributed by atoms with Crippen LogP contribution in [0.1, 0.15) is 252 Å². The number of aryl methyl sites for hydroxylation is 1. The third-order valence-electron chi connectivity index (χ3n) is 19.0. The molecular weight excluding hydrogens is 1750 g/mol. The van der Waals surface area contributed by atoms with Gasteiger partial charge in [0.05, 0.1) is 57.3 Å². The van der Waals surface area contributed by atoms with Crippen molar-refractivity contribution in [3.8, 4) is 0 Å². The third-order valence-corrected chi connectivity index (χ3v) is 32.9. The fraction of sp³-hybridized carbons (Fsp3) is 0.625. The van der Waals surface area contributed by atoms with Gasteiger partial charge in [0, 0.05) is 76.2 Å². The quantitative estimate of drug-likeness (QED) is 0.0487. The Morgan fingerprint density at radius 2 is 0.698 bits per heavy atom. The number of sulfonamides is 5. The van der Waals surface area contributed by atoms with Gasteiger partial charge in [-0.25, -0.2) is 76.0 Å². The second-order valence-electron chi connectivity index (χ2n) is 38.6. The Morgan fingerprint density at radius 3 is 0.976 bits per heavy atom. The molecule has 0 aliphatic carbocycles. The van der Waals surface area contributed by atoms with Gasteiger partial charge in [-0.05, 0) is 209 Å². The molecule has 0 bridgehead atoms. The highest BCUT2D eigenvalue weighted by molar-refractivity contribution is 7.92. The lowest BCUT2D eigenvalue weighted by Crippen LogP contribution is -2.48. The van der Waals surface area contributed by atoms with Crippen LogP contribution in [0.4, 0.5) is 0 Å². The number of sulfone groups is 3. The van der Waals surface area contributed by atoms with Crippen LogP contribution < -0.4 is 0 Å². The van der Waals surface area contributed by atoms with E-state index in [1.165, 1.54) is 83.8 Å². The minimum absolute atomic E-state index is 0.00119. The molecule has 6 aromatic carbocycles. The van der Waals surface area contributed by atoms with Crippen molar-refractivity contribution in [2.45, 2.75) is 287 Å². The molecule has 30 heteroatoms. The van der Waals surface area contributed by atoms with Gasteiger partial charge < -0.3 is 4.90 Å². The van der Waals surface area contributed by atoms with Crippen molar-refractivity contribution in [1.82, 2.24) is 26.4 Å². The summed E-state index contributed by atoms with van der Waals surface area (Å²) in [5.41, 5.74) is 7.19. The van der Waals surface area contributed by atoms with Crippen molar-refractivity contribution in [2.24, 2.45) is 17.8 Å². The SMILES string of the molecule is CC(C)(C)N(CCN1CCCCC1)S(C)(=O)=O.CC(C)CS(=O)(=O)Cc1ccccc1.CC(C)CS(=O)(=O)c1ccccc1.CC(C)CS(C)(=O)=O.CC(C)N(C)S(=O)(=O)Cc1ccccc1.CC(C)N(C)S(=O)(=O)c1ccccc1.CC(C)N(C)S(C)(=O)=O.CC(C)c1ccc(C(C)(C)C)cc1.CCCN(C(C)(C)C)S(C)(=O)=O.Cc1ccc(C(C)(C)C)cc1. The molecule has 1 heterocycles. The predicted octanol–water partition coefficient (Wildman–Crippen LogP) is 19.3. The summed E-state index contributed by atoms with van der Waals surface area (Å²) in [5, 5.41) is 0. The predicted molar refractivity (Wildman–Crippen MR) is 535 cm³/mol. The van der Waals surface area contributed by atoms with Crippen molar-refractivity contribution in [3.63, 3.8) is 0 Å². The molecule has 1 aliphatic rings. The maximum Gasteiger partial charge on any atom is 0.243 e. The van der Waals surface area contributed by atoms with Crippen molar-refractivity contribution in [1.29, 1.82) is 0 Å². The Hall–Kier alpha value is -5.32. The van der Waals surface area contributed by atoms with Gasteiger partial charge in [0.1, 0.15) is 9.84 Å². The lowest BCUT2D eigenvalue weighted by Gasteiger charge is -2.35. The molecule has 0 N–H and O–H groups in total. The number of likely N-dealkylation sites (tertiary alicyclic amines) is 1. The van der Waals surface area contributed by atoms with E-state index in [4.69, 9.17) is 0 Å². The van der Waals surface area contributed by atoms with E-state index >= 15 is 0 Å². The zero-order chi connectivity index (χ0) is 98.8. The molecule has 126 heavy (non-hydrogen) atoms. The first kappa shape index (κ1) is 125. The molecule has 0 radical (unpaired) electrons. The molecule has 726 valence electrons. The average molecular weight is 1920 g/mol. The van der Waals surface area contributed by atoms with Gasteiger partial charge in [-0.1, -0.05) is 261 Å². The highest BCUT2D eigenvalue weighted by Gasteiger charge is 2.31. The lowest BCUT2D eigenvalue weighted by atomic mass is 9.86. The molecule has 0 atom stereocenters. The van der Waals surface area contributed by atoms with E-state index in [2.05, 4.69) is 116 Å². The van der Waals surface area contributed by atoms with E-state index in [9.17, 15) is 67.3 Å². The van der Waals surface area contributed by atoms with E-state index in [1.807, 2.05) is 198 Å². The molecule has 6 aromatic rings. The van der Waals surface area contributed by atoms with Crippen LogP contribution >= 0.6 is 0 Å². The number of rotatable bonds is 26. The van der Waals surface area contributed by atoms with Gasteiger partial charge in [-0.15, -0.1) is 0 Å². The van der Waals surface area contributed by atoms with E-state index < -0.39 is 79.6 Å². The molecule has 0 unspecified atom stereocenters. The summed E-state index contributed by atoms with van der Waals surface area (Å²) in [5.74, 6) is 2.27. The van der Waals surface area contributed by atoms with Gasteiger partial charge in [-0.2, -0.15) is 12.9 Å². The van der Waals surface area contributed by atoms with Gasteiger partial charge in [0.2, 0.25) is 50.1 Å². The number of nitrogens with zero attached hydrogens (tertiary/aromatic N) is 6. The van der Waals surface area contributed by atoms with E-state index in [0.717, 1.165) is 37.2 Å². The minimum atomic E-state index is -3.30. The zero-order valence-corrected chi connectivity index (χ0v) is 90.1. The van der Waals surface area contributed by atoms with Crippen LogP contribution in [-0.4, -0.2) is 219 Å². The Labute approximate surface area is 771 Å². The van der Waals surface area contributed by atoms with Crippen LogP contribution in [0.2, 0.25) is 0 Å². The van der Waals surface area contributed by atoms with Gasteiger partial charge in [0.25, 0.3) is 0 Å². The smallest absolute Gasteiger partial charge is 0.243 e. The molecule has 0 saturated carbocycles. The molecule has 7 rings (SSSR count). The van der Waals surface area contributed by atoms with Gasteiger partial charge >= 0.3 is 0 Å². The first-order valence-corrected chi connectivity index (χ1v) is 57.6. The number of hydrogen-bond acceptors (Lipinski definition) is 17. The Morgan fingerprint density at radius 1 is 0.365 bits per heavy atom. The summed E-state index contributed by atoms with van der Waals surface area (Å²) in [6.45, 7) is 60.4. The fourth-order valence-electron chi connectivity index (χ4n) is 11.8. The molecule has 1 saturated heterocycles. The van der Waals surface area contributed by atoms with Gasteiger partial charge in [-0.3, -0.25) is 0 Å². The summed E-state index contributed by atoms with van der Waals surface area (Å²) in [7, 11) is -19.6. The molecule has 1 fully saturated rings. The van der Waals surface area contributed by atoms with Crippen molar-refractivity contribution < 1.29 is 67.3 Å². The maximum atomic E-state index is 11.9. The Kier molecular flexibility index (Phi) is 56.7. The van der Waals surface area contributed by atoms with Crippen LogP contribution in [0.3, 0.4) is 0 Å². The van der Waals surface area contributed by atoms with Gasteiger partial charge in [0.15, 0.2) is 19.7 Å². The van der Waals surface area contributed by atoms with Crippen molar-refractivity contribution in [2.75, 3.05) is 96.1 Å². The third kappa shape index (κ3) is 57.1. The molecule has 22 nitrogen and oxygen atoms in total. The molecule has 1 aliphatic heterocycles. The Bertz CT molecular complexity index is 4930. The van der Waals surface area contributed by atoms with Crippen LogP contribution in [0, 0.1) is 24.7 Å². The largest absolute Gasteiger partial charge is 0.302 e. The molecule has 0 aromatic heterocycles. The molecule has 0 amide bonds. The first-order valence-electron chi connectivity index (χ1n) is 43.5. The average Bonchev–Trinajstić information content (AvgIpc) is 0.817. The standard InChI is InChI=1S/C13H20.C12H26N2O2S.C11H17NO2S.C11H16O2S.C11H16.C10H15NO2S.C10H14O2S.C8H19NO2S.C5H13NO2S.C5H12O2S/c1-10(2)11-6-8-12(9-7-11)13(3,4)5;1-12(2,3)14(17(4,15)16)11-10-13-8-6-5-7-9-13;1-10(2)12(3)15(13,14)9-11-7-5-4-6-8-11;1-10(2)8-14(12,13)9-11-6-4-3-5-7-11;1-9-5-7-10(8-6-9)11(2,3)4;1-9(2)11(3)14(12,13)10-7-5-4-6-8-10;1-9(2)8-13(11,12)10-6-4-3-5-7-10;1-6-7-9(8(2,3)4)12(5,10)11;1-5(2)6(3)9(4,7)8;1-5(2)4-8(3,6)7/h6-10H,1-5H3;5-11H2,1-4H3;4-8,10H,9H2,1-3H3;3-7,10H,8-9H2,1-2H3;5-8H,1-4H3;4-9H,1-3H3;3-7,9H,8H2,1-2H3;6-7H2,1-5H3;5H,1-4H3;5H,4H2,1-3H3. The topological polar surface area (TPSA) is 293 Å². The highest BCUT2D eigenvalue weighted by Crippen LogP contribution is 2.26. The minimum Gasteiger partial charge on any atom is -0.302 e. The summed E-state index contributed by atoms with van der Waals surface area (Å²) in [4.78, 5) is 3.13. The maximum absolute atomic E-state index is 11.9. The fourth-order valence-corrected chi connectivity index (χ4v) is 23.0. The second-order valence-corrected chi connectivity index (χ2v) is 54.8. The molecular formula is C96H168N6O16S8. The van der Waals surface area contributed by atoms with Crippen molar-refractivity contribution >= 4 is 79.6 Å². The van der Waals surface area contributed by atoms with Crippen LogP contribution in [-0.2, 0) is 102 Å². The Balaban J connectivity index is -0.00000134. The first-order chi connectivity index (χ1) is 57.0. The van der Waals surface area contributed by atoms with Crippen LogP contribution in [0.15, 0.2) is 180 Å². The normalized spacial score (nSPS) is 13.4. The summed E-state index contributed by atoms with van der Waals surface area (Å²) in [6, 6.07) is 53.3. The summed E-state index contributed by atoms with van der Waals surface area (Å²) >= 11 is 0. The summed E-state index contributed by atoms with van der Waals surface area (Å²) in [6.07, 6.45) is 9.67. The van der Waals surface area contributed by atoms with Crippen LogP contribution in [0.25, 0.3) is 0 Å². The van der Waals surface area contributed by atoms with E-state index in [-0.39, 0.29) is 80.8 Å². The monoisotopic (exact) mass is 1920 g/mol. The van der Waals surface area contributed by atoms with Crippen molar-refractivity contribution in [3.05, 3.63) is 203 Å². The zero-order valence-electron chi connectivity index (χ0n) is 83.6.